The van der Waals surface area contributed by atoms with Crippen LogP contribution in [0.3, 0.4) is 0 Å². The van der Waals surface area contributed by atoms with Gasteiger partial charge in [0.15, 0.2) is 0 Å². The second-order valence-electron chi connectivity index (χ2n) is 5.58. The monoisotopic (exact) mass is 305 g/mol. The molecule has 0 saturated carbocycles. The zero-order valence-corrected chi connectivity index (χ0v) is 12.9. The Morgan fingerprint density at radius 2 is 2.09 bits per heavy atom. The van der Waals surface area contributed by atoms with Gasteiger partial charge in [0.2, 0.25) is 5.91 Å². The van der Waals surface area contributed by atoms with Gasteiger partial charge in [-0.2, -0.15) is 0 Å². The van der Waals surface area contributed by atoms with Gasteiger partial charge in [0.05, 0.1) is 6.04 Å². The normalized spacial score (nSPS) is 20.8. The van der Waals surface area contributed by atoms with Gasteiger partial charge in [-0.15, -0.1) is 0 Å². The maximum Gasteiger partial charge on any atom is 0.320 e. The standard InChI is InChI=1S/C16H23N3O3/c1-2-10-19(11-8-12-5-3-4-9-17-12)15(20)13-6-7-14(18-13)16(21)22/h3-5,9,13-14,18H,2,6-8,10-11H2,1H3,(H,21,22)/t13-,14+/m1/s1. The average molecular weight is 305 g/mol. The fourth-order valence-electron chi connectivity index (χ4n) is 2.75. The lowest BCUT2D eigenvalue weighted by Crippen LogP contribution is -2.47. The third-order valence-corrected chi connectivity index (χ3v) is 3.91. The Balaban J connectivity index is 1.92. The van der Waals surface area contributed by atoms with Gasteiger partial charge in [0.1, 0.15) is 6.04 Å². The van der Waals surface area contributed by atoms with Gasteiger partial charge in [0, 0.05) is 31.4 Å². The molecule has 6 heteroatoms. The predicted octanol–water partition coefficient (Wildman–Crippen LogP) is 1.07. The fourth-order valence-corrected chi connectivity index (χ4v) is 2.75. The van der Waals surface area contributed by atoms with Crippen molar-refractivity contribution >= 4 is 11.9 Å². The van der Waals surface area contributed by atoms with Crippen LogP contribution in [0.15, 0.2) is 24.4 Å². The first kappa shape index (κ1) is 16.4. The smallest absolute Gasteiger partial charge is 0.320 e. The molecule has 0 aromatic carbocycles. The van der Waals surface area contributed by atoms with Crippen molar-refractivity contribution in [1.29, 1.82) is 0 Å². The molecule has 1 amide bonds. The average Bonchev–Trinajstić information content (AvgIpc) is 3.02. The molecule has 2 heterocycles. The van der Waals surface area contributed by atoms with Gasteiger partial charge < -0.3 is 10.0 Å². The molecule has 2 atom stereocenters. The molecule has 1 fully saturated rings. The molecule has 1 aliphatic rings. The number of hydrogen-bond acceptors (Lipinski definition) is 4. The van der Waals surface area contributed by atoms with Crippen LogP contribution in [0, 0.1) is 0 Å². The van der Waals surface area contributed by atoms with Crippen LogP contribution in [0.25, 0.3) is 0 Å². The van der Waals surface area contributed by atoms with E-state index >= 15 is 0 Å². The molecule has 6 nitrogen and oxygen atoms in total. The summed E-state index contributed by atoms with van der Waals surface area (Å²) in [6, 6.07) is 4.77. The highest BCUT2D eigenvalue weighted by atomic mass is 16.4. The number of aliphatic carboxylic acids is 1. The Kier molecular flexibility index (Phi) is 5.89. The Morgan fingerprint density at radius 1 is 1.32 bits per heavy atom. The van der Waals surface area contributed by atoms with Gasteiger partial charge in [-0.05, 0) is 31.4 Å². The van der Waals surface area contributed by atoms with Crippen LogP contribution in [0.4, 0.5) is 0 Å². The van der Waals surface area contributed by atoms with E-state index in [1.165, 1.54) is 0 Å². The number of hydrogen-bond donors (Lipinski definition) is 2. The van der Waals surface area contributed by atoms with Crippen LogP contribution in [0.5, 0.6) is 0 Å². The number of nitrogens with zero attached hydrogens (tertiary/aromatic N) is 2. The summed E-state index contributed by atoms with van der Waals surface area (Å²) in [5.74, 6) is -0.882. The van der Waals surface area contributed by atoms with Crippen LogP contribution >= 0.6 is 0 Å². The third kappa shape index (κ3) is 4.27. The van der Waals surface area contributed by atoms with E-state index in [9.17, 15) is 9.59 Å². The van der Waals surface area contributed by atoms with Crippen molar-refractivity contribution in [2.75, 3.05) is 13.1 Å². The molecule has 0 bridgehead atoms. The zero-order chi connectivity index (χ0) is 15.9. The Labute approximate surface area is 130 Å². The van der Waals surface area contributed by atoms with Gasteiger partial charge in [0.25, 0.3) is 0 Å². The maximum absolute atomic E-state index is 12.6. The number of aromatic nitrogens is 1. The van der Waals surface area contributed by atoms with Crippen molar-refractivity contribution in [3.63, 3.8) is 0 Å². The number of carbonyl (C=O) groups excluding carboxylic acids is 1. The highest BCUT2D eigenvalue weighted by Crippen LogP contribution is 2.15. The van der Waals surface area contributed by atoms with Gasteiger partial charge in [-0.3, -0.25) is 19.9 Å². The first-order chi connectivity index (χ1) is 10.6. The number of nitrogens with one attached hydrogen (secondary N) is 1. The second-order valence-corrected chi connectivity index (χ2v) is 5.58. The molecular formula is C16H23N3O3. The van der Waals surface area contributed by atoms with Gasteiger partial charge >= 0.3 is 5.97 Å². The summed E-state index contributed by atoms with van der Waals surface area (Å²) >= 11 is 0. The molecule has 1 aromatic rings. The Morgan fingerprint density at radius 3 is 2.68 bits per heavy atom. The number of carbonyl (C=O) groups is 2. The van der Waals surface area contributed by atoms with E-state index in [0.717, 1.165) is 12.1 Å². The van der Waals surface area contributed by atoms with Crippen molar-refractivity contribution < 1.29 is 14.7 Å². The summed E-state index contributed by atoms with van der Waals surface area (Å²) in [6.07, 6.45) is 4.42. The second kappa shape index (κ2) is 7.89. The van der Waals surface area contributed by atoms with Gasteiger partial charge in [-0.25, -0.2) is 0 Å². The number of pyridine rings is 1. The summed E-state index contributed by atoms with van der Waals surface area (Å²) in [5.41, 5.74) is 0.958. The summed E-state index contributed by atoms with van der Waals surface area (Å²) in [6.45, 7) is 3.32. The molecule has 1 aromatic heterocycles. The van der Waals surface area contributed by atoms with Crippen LogP contribution in [-0.4, -0.2) is 52.0 Å². The molecule has 2 rings (SSSR count). The van der Waals surface area contributed by atoms with Crippen molar-refractivity contribution in [3.8, 4) is 0 Å². The first-order valence-corrected chi connectivity index (χ1v) is 7.79. The molecular weight excluding hydrogens is 282 g/mol. The third-order valence-electron chi connectivity index (χ3n) is 3.91. The van der Waals surface area contributed by atoms with Crippen molar-refractivity contribution in [2.45, 2.75) is 44.7 Å². The van der Waals surface area contributed by atoms with Crippen LogP contribution < -0.4 is 5.32 Å². The van der Waals surface area contributed by atoms with E-state index in [1.54, 1.807) is 6.20 Å². The minimum atomic E-state index is -0.883. The van der Waals surface area contributed by atoms with Gasteiger partial charge in [-0.1, -0.05) is 13.0 Å². The fraction of sp³-hybridized carbons (Fsp3) is 0.562. The Bertz CT molecular complexity index is 507. The zero-order valence-electron chi connectivity index (χ0n) is 12.9. The van der Waals surface area contributed by atoms with Crippen molar-refractivity contribution in [1.82, 2.24) is 15.2 Å². The summed E-state index contributed by atoms with van der Waals surface area (Å²) in [4.78, 5) is 29.6. The molecule has 0 unspecified atom stereocenters. The molecule has 22 heavy (non-hydrogen) atoms. The molecule has 0 aliphatic carbocycles. The molecule has 120 valence electrons. The lowest BCUT2D eigenvalue weighted by Gasteiger charge is -2.25. The highest BCUT2D eigenvalue weighted by molar-refractivity contribution is 5.84. The SMILES string of the molecule is CCCN(CCc1ccccn1)C(=O)[C@H]1CC[C@@H](C(=O)O)N1. The van der Waals surface area contributed by atoms with Crippen molar-refractivity contribution in [3.05, 3.63) is 30.1 Å². The number of carboxylic acid groups (broad SMARTS) is 1. The molecule has 1 saturated heterocycles. The van der Waals surface area contributed by atoms with E-state index in [-0.39, 0.29) is 11.9 Å². The minimum absolute atomic E-state index is 0.00142. The highest BCUT2D eigenvalue weighted by Gasteiger charge is 2.34. The summed E-state index contributed by atoms with van der Waals surface area (Å²) in [7, 11) is 0. The number of amides is 1. The Hall–Kier alpha value is -1.95. The van der Waals surface area contributed by atoms with E-state index in [1.807, 2.05) is 30.0 Å². The molecule has 2 N–H and O–H groups in total. The maximum atomic E-state index is 12.6. The van der Waals surface area contributed by atoms with E-state index < -0.39 is 12.0 Å². The first-order valence-electron chi connectivity index (χ1n) is 7.79. The largest absolute Gasteiger partial charge is 0.480 e. The molecule has 1 aliphatic heterocycles. The summed E-state index contributed by atoms with van der Waals surface area (Å²) in [5, 5.41) is 11.9. The van der Waals surface area contributed by atoms with Crippen molar-refractivity contribution in [2.24, 2.45) is 0 Å². The minimum Gasteiger partial charge on any atom is -0.480 e. The van der Waals surface area contributed by atoms with Crippen LogP contribution in [0.1, 0.15) is 31.9 Å². The number of carboxylic acids is 1. The van der Waals surface area contributed by atoms with Crippen LogP contribution in [-0.2, 0) is 16.0 Å². The van der Waals surface area contributed by atoms with E-state index in [4.69, 9.17) is 5.11 Å². The lowest BCUT2D eigenvalue weighted by molar-refractivity contribution is -0.139. The quantitative estimate of drug-likeness (QED) is 0.787. The van der Waals surface area contributed by atoms with Crippen LogP contribution in [0.2, 0.25) is 0 Å². The van der Waals surface area contributed by atoms with E-state index in [0.29, 0.717) is 32.4 Å². The predicted molar refractivity (Wildman–Crippen MR) is 82.4 cm³/mol. The summed E-state index contributed by atoms with van der Waals surface area (Å²) < 4.78 is 0. The lowest BCUT2D eigenvalue weighted by atomic mass is 10.1. The number of rotatable bonds is 7. The molecule has 0 radical (unpaired) electrons. The molecule has 0 spiro atoms. The topological polar surface area (TPSA) is 82.5 Å². The van der Waals surface area contributed by atoms with E-state index in [2.05, 4.69) is 10.3 Å².